The number of ether oxygens (including phenoxy) is 1. The Balaban J connectivity index is 2.70. The number of hydrogen-bond acceptors (Lipinski definition) is 3. The van der Waals surface area contributed by atoms with Crippen molar-refractivity contribution in [3.05, 3.63) is 52.9 Å². The quantitative estimate of drug-likeness (QED) is 0.836. The number of nitriles is 1. The van der Waals surface area contributed by atoms with Crippen molar-refractivity contribution in [3.8, 4) is 11.8 Å². The van der Waals surface area contributed by atoms with Gasteiger partial charge in [0.2, 0.25) is 5.88 Å². The Hall–Kier alpha value is -1.92. The fraction of sp³-hybridized carbons (Fsp3) is 0.267. The summed E-state index contributed by atoms with van der Waals surface area (Å²) in [7, 11) is 0. The van der Waals surface area contributed by atoms with Gasteiger partial charge in [-0.05, 0) is 23.6 Å². The lowest BCUT2D eigenvalue weighted by atomic mass is 9.70. The normalized spacial score (nSPS) is 18.3. The van der Waals surface area contributed by atoms with Gasteiger partial charge in [0.25, 0.3) is 0 Å². The van der Waals surface area contributed by atoms with E-state index in [-0.39, 0.29) is 17.2 Å². The maximum atomic E-state index is 9.35. The number of hydrogen-bond donors (Lipinski definition) is 1. The summed E-state index contributed by atoms with van der Waals surface area (Å²) < 4.78 is 5.50. The van der Waals surface area contributed by atoms with E-state index in [4.69, 9.17) is 22.1 Å². The third-order valence-corrected chi connectivity index (χ3v) is 3.68. The largest absolute Gasteiger partial charge is 0.440 e. The minimum absolute atomic E-state index is 0.150. The van der Waals surface area contributed by atoms with E-state index in [1.807, 2.05) is 26.0 Å². The Kier molecular flexibility index (Phi) is 3.30. The predicted octanol–water partition coefficient (Wildman–Crippen LogP) is 3.72. The van der Waals surface area contributed by atoms with Crippen LogP contribution in [0.4, 0.5) is 0 Å². The van der Waals surface area contributed by atoms with E-state index in [2.05, 4.69) is 12.6 Å². The molecule has 1 aliphatic heterocycles. The first-order chi connectivity index (χ1) is 8.90. The van der Waals surface area contributed by atoms with Crippen molar-refractivity contribution < 1.29 is 4.74 Å². The number of halogens is 1. The molecule has 1 aromatic carbocycles. The topological polar surface area (TPSA) is 59.0 Å². The molecule has 4 heteroatoms. The van der Waals surface area contributed by atoms with Crippen LogP contribution in [0.2, 0.25) is 5.02 Å². The van der Waals surface area contributed by atoms with Gasteiger partial charge in [0.1, 0.15) is 11.8 Å². The molecule has 2 rings (SSSR count). The molecule has 1 aliphatic rings. The van der Waals surface area contributed by atoms with Crippen molar-refractivity contribution in [2.24, 2.45) is 11.1 Å². The van der Waals surface area contributed by atoms with Gasteiger partial charge in [-0.1, -0.05) is 31.5 Å². The molecule has 0 saturated carbocycles. The van der Waals surface area contributed by atoms with E-state index in [0.29, 0.717) is 16.3 Å². The molecule has 1 heterocycles. The zero-order chi connectivity index (χ0) is 14.2. The van der Waals surface area contributed by atoms with Crippen molar-refractivity contribution in [1.29, 1.82) is 5.26 Å². The average Bonchev–Trinajstić information content (AvgIpc) is 2.37. The summed E-state index contributed by atoms with van der Waals surface area (Å²) in [5.41, 5.74) is 6.80. The van der Waals surface area contributed by atoms with Crippen LogP contribution in [0.5, 0.6) is 5.75 Å². The summed E-state index contributed by atoms with van der Waals surface area (Å²) in [6, 6.07) is 7.47. The average molecular weight is 275 g/mol. The highest BCUT2D eigenvalue weighted by Gasteiger charge is 2.38. The molecule has 0 bridgehead atoms. The number of benzene rings is 1. The molecule has 0 amide bonds. The van der Waals surface area contributed by atoms with Crippen LogP contribution in [0.15, 0.2) is 42.3 Å². The fourth-order valence-corrected chi connectivity index (χ4v) is 2.50. The van der Waals surface area contributed by atoms with Crippen molar-refractivity contribution in [2.45, 2.75) is 19.8 Å². The fourth-order valence-electron chi connectivity index (χ4n) is 2.32. The van der Waals surface area contributed by atoms with Crippen LogP contribution in [0.25, 0.3) is 0 Å². The van der Waals surface area contributed by atoms with Gasteiger partial charge in [-0.2, -0.15) is 5.26 Å². The summed E-state index contributed by atoms with van der Waals surface area (Å²) >= 11 is 6.05. The van der Waals surface area contributed by atoms with E-state index in [1.54, 1.807) is 12.1 Å². The number of rotatable bonds is 2. The number of nitrogens with zero attached hydrogens (tertiary/aromatic N) is 1. The molecule has 0 radical (unpaired) electrons. The molecular weight excluding hydrogens is 260 g/mol. The van der Waals surface area contributed by atoms with Crippen LogP contribution in [-0.2, 0) is 0 Å². The highest BCUT2D eigenvalue weighted by atomic mass is 35.5. The molecule has 1 atom stereocenters. The summed E-state index contributed by atoms with van der Waals surface area (Å²) in [6.45, 7) is 7.86. The second-order valence-corrected chi connectivity index (χ2v) is 5.57. The molecule has 0 saturated heterocycles. The summed E-state index contributed by atoms with van der Waals surface area (Å²) in [4.78, 5) is 0. The summed E-state index contributed by atoms with van der Waals surface area (Å²) in [5, 5.41) is 9.95. The standard InChI is InChI=1S/C15H15ClN2O/c1-4-15(2,3)13-10-7-9(16)5-6-12(10)19-14(18)11(13)8-17/h4-7,13H,1,18H2,2-3H3. The summed E-state index contributed by atoms with van der Waals surface area (Å²) in [6.07, 6.45) is 1.82. The van der Waals surface area contributed by atoms with Gasteiger partial charge in [-0.3, -0.25) is 0 Å². The lowest BCUT2D eigenvalue weighted by Gasteiger charge is -2.35. The highest BCUT2D eigenvalue weighted by molar-refractivity contribution is 6.30. The molecule has 3 nitrogen and oxygen atoms in total. The first kappa shape index (κ1) is 13.5. The Morgan fingerprint density at radius 3 is 2.79 bits per heavy atom. The van der Waals surface area contributed by atoms with Gasteiger partial charge in [0, 0.05) is 16.5 Å². The zero-order valence-electron chi connectivity index (χ0n) is 10.9. The number of fused-ring (bicyclic) bond motifs is 1. The smallest absolute Gasteiger partial charge is 0.205 e. The molecule has 98 valence electrons. The molecule has 1 aromatic rings. The van der Waals surface area contributed by atoms with Gasteiger partial charge in [-0.15, -0.1) is 6.58 Å². The van der Waals surface area contributed by atoms with E-state index >= 15 is 0 Å². The lowest BCUT2D eigenvalue weighted by Crippen LogP contribution is -2.28. The second-order valence-electron chi connectivity index (χ2n) is 5.13. The Morgan fingerprint density at radius 1 is 1.53 bits per heavy atom. The molecular formula is C15H15ClN2O. The van der Waals surface area contributed by atoms with Crippen molar-refractivity contribution in [3.63, 3.8) is 0 Å². The molecule has 0 fully saturated rings. The van der Waals surface area contributed by atoms with Crippen LogP contribution in [0.3, 0.4) is 0 Å². The Bertz CT molecular complexity index is 611. The van der Waals surface area contributed by atoms with Crippen LogP contribution < -0.4 is 10.5 Å². The first-order valence-electron chi connectivity index (χ1n) is 5.91. The van der Waals surface area contributed by atoms with Crippen molar-refractivity contribution in [2.75, 3.05) is 0 Å². The maximum Gasteiger partial charge on any atom is 0.205 e. The van der Waals surface area contributed by atoms with Crippen LogP contribution in [-0.4, -0.2) is 0 Å². The van der Waals surface area contributed by atoms with E-state index in [0.717, 1.165) is 5.56 Å². The number of allylic oxidation sites excluding steroid dienone is 2. The van der Waals surface area contributed by atoms with Gasteiger partial charge >= 0.3 is 0 Å². The monoisotopic (exact) mass is 274 g/mol. The zero-order valence-corrected chi connectivity index (χ0v) is 11.7. The molecule has 1 unspecified atom stereocenters. The van der Waals surface area contributed by atoms with E-state index in [9.17, 15) is 5.26 Å². The van der Waals surface area contributed by atoms with Gasteiger partial charge in [0.15, 0.2) is 0 Å². The van der Waals surface area contributed by atoms with Crippen LogP contribution >= 0.6 is 11.6 Å². The SMILES string of the molecule is C=CC(C)(C)C1C(C#N)=C(N)Oc2ccc(Cl)cc21. The first-order valence-corrected chi connectivity index (χ1v) is 6.29. The van der Waals surface area contributed by atoms with Gasteiger partial charge in [-0.25, -0.2) is 0 Å². The third-order valence-electron chi connectivity index (χ3n) is 3.45. The van der Waals surface area contributed by atoms with Gasteiger partial charge < -0.3 is 10.5 Å². The molecule has 2 N–H and O–H groups in total. The molecule has 0 spiro atoms. The minimum atomic E-state index is -0.334. The highest BCUT2D eigenvalue weighted by Crippen LogP contribution is 2.48. The number of nitrogens with two attached hydrogens (primary N) is 1. The molecule has 19 heavy (non-hydrogen) atoms. The summed E-state index contributed by atoms with van der Waals surface area (Å²) in [5.74, 6) is 0.579. The van der Waals surface area contributed by atoms with Crippen LogP contribution in [0.1, 0.15) is 25.3 Å². The Labute approximate surface area is 117 Å². The predicted molar refractivity (Wildman–Crippen MR) is 75.6 cm³/mol. The third kappa shape index (κ3) is 2.20. The lowest BCUT2D eigenvalue weighted by molar-refractivity contribution is 0.338. The second kappa shape index (κ2) is 4.64. The van der Waals surface area contributed by atoms with Crippen molar-refractivity contribution >= 4 is 11.6 Å². The van der Waals surface area contributed by atoms with Crippen molar-refractivity contribution in [1.82, 2.24) is 0 Å². The van der Waals surface area contributed by atoms with E-state index < -0.39 is 0 Å². The maximum absolute atomic E-state index is 9.35. The van der Waals surface area contributed by atoms with Gasteiger partial charge in [0.05, 0.1) is 5.57 Å². The minimum Gasteiger partial charge on any atom is -0.440 e. The molecule has 0 aliphatic carbocycles. The molecule has 0 aromatic heterocycles. The van der Waals surface area contributed by atoms with Crippen LogP contribution in [0, 0.1) is 16.7 Å². The Morgan fingerprint density at radius 2 is 2.21 bits per heavy atom. The van der Waals surface area contributed by atoms with E-state index in [1.165, 1.54) is 0 Å².